The Kier molecular flexibility index (Phi) is 5.42. The van der Waals surface area contributed by atoms with Gasteiger partial charge < -0.3 is 14.5 Å². The number of nitrogens with one attached hydrogen (secondary N) is 1. The predicted molar refractivity (Wildman–Crippen MR) is 115 cm³/mol. The molecule has 5 nitrogen and oxygen atoms in total. The molecule has 4 rings (SSSR count). The molecule has 0 fully saturated rings. The highest BCUT2D eigenvalue weighted by atomic mass is 35.5. The summed E-state index contributed by atoms with van der Waals surface area (Å²) in [7, 11) is 1.60. The van der Waals surface area contributed by atoms with Crippen molar-refractivity contribution in [3.63, 3.8) is 0 Å². The minimum atomic E-state index is -0.116. The largest absolute Gasteiger partial charge is 0.493 e. The fourth-order valence-electron chi connectivity index (χ4n) is 3.54. The van der Waals surface area contributed by atoms with E-state index in [0.717, 1.165) is 35.0 Å². The zero-order valence-electron chi connectivity index (χ0n) is 15.8. The summed E-state index contributed by atoms with van der Waals surface area (Å²) in [5, 5.41) is 1.10. The molecule has 2 aromatic heterocycles. The number of aromatic nitrogens is 2. The Labute approximate surface area is 172 Å². The van der Waals surface area contributed by atoms with Crippen LogP contribution >= 0.6 is 22.9 Å². The van der Waals surface area contributed by atoms with Crippen molar-refractivity contribution < 1.29 is 9.47 Å². The molecule has 1 aromatic carbocycles. The Bertz CT molecular complexity index is 1120. The van der Waals surface area contributed by atoms with Crippen LogP contribution in [0.5, 0.6) is 11.5 Å². The summed E-state index contributed by atoms with van der Waals surface area (Å²) in [6.45, 7) is 2.48. The fraction of sp³-hybridized carbons (Fsp3) is 0.333. The molecule has 0 aliphatic heterocycles. The van der Waals surface area contributed by atoms with Gasteiger partial charge in [0, 0.05) is 4.88 Å². The van der Waals surface area contributed by atoms with Crippen LogP contribution in [0.2, 0.25) is 0 Å². The molecule has 28 heavy (non-hydrogen) atoms. The molecule has 2 heterocycles. The van der Waals surface area contributed by atoms with Crippen molar-refractivity contribution >= 4 is 44.3 Å². The average Bonchev–Trinajstić information content (AvgIpc) is 3.08. The Morgan fingerprint density at radius 1 is 1.32 bits per heavy atom. The summed E-state index contributed by atoms with van der Waals surface area (Å²) >= 11 is 8.11. The second-order valence-electron chi connectivity index (χ2n) is 6.64. The third-order valence-electron chi connectivity index (χ3n) is 4.83. The third-order valence-corrected chi connectivity index (χ3v) is 6.31. The molecule has 1 aliphatic carbocycles. The minimum Gasteiger partial charge on any atom is -0.493 e. The van der Waals surface area contributed by atoms with Crippen LogP contribution in [0.1, 0.15) is 41.6 Å². The molecule has 0 atom stereocenters. The zero-order chi connectivity index (χ0) is 19.7. The number of methoxy groups -OCH3 is 1. The van der Waals surface area contributed by atoms with E-state index in [2.05, 4.69) is 9.97 Å². The number of aryl methyl sites for hydroxylation is 2. The van der Waals surface area contributed by atoms with Gasteiger partial charge in [-0.25, -0.2) is 4.98 Å². The highest BCUT2D eigenvalue weighted by molar-refractivity contribution is 7.18. The number of thiophene rings is 1. The number of hydrogen-bond acceptors (Lipinski definition) is 5. The maximum atomic E-state index is 12.7. The van der Waals surface area contributed by atoms with E-state index in [4.69, 9.17) is 21.1 Å². The molecule has 0 saturated heterocycles. The SMILES string of the molecule is CCOc1ccc(/C=C(\Cl)c2nc3sc4c(c3c(=O)[nH]2)CCCC4)cc1OC. The number of aromatic amines is 1. The number of rotatable bonds is 5. The van der Waals surface area contributed by atoms with Crippen LogP contribution in [0.25, 0.3) is 21.3 Å². The van der Waals surface area contributed by atoms with Crippen molar-refractivity contribution in [2.45, 2.75) is 32.6 Å². The van der Waals surface area contributed by atoms with E-state index in [0.29, 0.717) is 29.0 Å². The summed E-state index contributed by atoms with van der Waals surface area (Å²) in [5.74, 6) is 1.68. The van der Waals surface area contributed by atoms with Gasteiger partial charge in [0.1, 0.15) is 4.83 Å². The van der Waals surface area contributed by atoms with Crippen molar-refractivity contribution in [1.29, 1.82) is 0 Å². The Hall–Kier alpha value is -2.31. The van der Waals surface area contributed by atoms with Gasteiger partial charge in [-0.1, -0.05) is 17.7 Å². The Balaban J connectivity index is 1.72. The fourth-order valence-corrected chi connectivity index (χ4v) is 5.02. The molecule has 0 unspecified atom stereocenters. The lowest BCUT2D eigenvalue weighted by atomic mass is 9.97. The minimum absolute atomic E-state index is 0.116. The first kappa shape index (κ1) is 19.0. The van der Waals surface area contributed by atoms with Crippen LogP contribution < -0.4 is 15.0 Å². The number of hydrogen-bond donors (Lipinski definition) is 1. The standard InChI is InChI=1S/C21H21ClN2O3S/c1-3-27-15-9-8-12(11-16(15)26-2)10-14(22)19-23-20(25)18-13-6-4-5-7-17(13)28-21(18)24-19/h8-11H,3-7H2,1-2H3,(H,23,24,25)/b14-10-. The van der Waals surface area contributed by atoms with E-state index in [-0.39, 0.29) is 5.56 Å². The third kappa shape index (κ3) is 3.54. The van der Waals surface area contributed by atoms with Crippen LogP contribution in [-0.2, 0) is 12.8 Å². The van der Waals surface area contributed by atoms with Gasteiger partial charge in [-0.2, -0.15) is 0 Å². The molecule has 146 valence electrons. The van der Waals surface area contributed by atoms with Crippen molar-refractivity contribution in [3.05, 3.63) is 50.4 Å². The van der Waals surface area contributed by atoms with Crippen molar-refractivity contribution in [1.82, 2.24) is 9.97 Å². The van der Waals surface area contributed by atoms with Crippen molar-refractivity contribution in [3.8, 4) is 11.5 Å². The van der Waals surface area contributed by atoms with Crippen LogP contribution in [-0.4, -0.2) is 23.7 Å². The van der Waals surface area contributed by atoms with E-state index >= 15 is 0 Å². The molecular weight excluding hydrogens is 396 g/mol. The highest BCUT2D eigenvalue weighted by Gasteiger charge is 2.20. The first-order chi connectivity index (χ1) is 13.6. The molecule has 7 heteroatoms. The number of ether oxygens (including phenoxy) is 2. The number of benzene rings is 1. The van der Waals surface area contributed by atoms with Gasteiger partial charge in [-0.3, -0.25) is 4.79 Å². The molecule has 0 amide bonds. The Morgan fingerprint density at radius 2 is 2.14 bits per heavy atom. The molecule has 3 aromatic rings. The summed E-state index contributed by atoms with van der Waals surface area (Å²) in [6, 6.07) is 5.56. The van der Waals surface area contributed by atoms with E-state index in [1.54, 1.807) is 24.5 Å². The number of halogens is 1. The Morgan fingerprint density at radius 3 is 2.93 bits per heavy atom. The second kappa shape index (κ2) is 7.97. The van der Waals surface area contributed by atoms with Crippen molar-refractivity contribution in [2.75, 3.05) is 13.7 Å². The van der Waals surface area contributed by atoms with Gasteiger partial charge in [-0.05, 0) is 61.9 Å². The van der Waals surface area contributed by atoms with Gasteiger partial charge in [-0.15, -0.1) is 11.3 Å². The molecule has 0 spiro atoms. The molecule has 1 N–H and O–H groups in total. The number of H-pyrrole nitrogens is 1. The lowest BCUT2D eigenvalue weighted by molar-refractivity contribution is 0.311. The topological polar surface area (TPSA) is 64.2 Å². The van der Waals surface area contributed by atoms with Gasteiger partial charge in [0.05, 0.1) is 24.1 Å². The number of nitrogens with zero attached hydrogens (tertiary/aromatic N) is 1. The first-order valence-electron chi connectivity index (χ1n) is 9.33. The molecule has 0 radical (unpaired) electrons. The maximum Gasteiger partial charge on any atom is 0.260 e. The van der Waals surface area contributed by atoms with Crippen LogP contribution in [0.15, 0.2) is 23.0 Å². The molecular formula is C21H21ClN2O3S. The molecule has 1 aliphatic rings. The normalized spacial score (nSPS) is 14.2. The van der Waals surface area contributed by atoms with E-state index in [1.807, 2.05) is 25.1 Å². The summed E-state index contributed by atoms with van der Waals surface area (Å²) in [5.41, 5.74) is 1.89. The lowest BCUT2D eigenvalue weighted by Crippen LogP contribution is -2.12. The van der Waals surface area contributed by atoms with E-state index < -0.39 is 0 Å². The number of fused-ring (bicyclic) bond motifs is 3. The quantitative estimate of drug-likeness (QED) is 0.635. The average molecular weight is 417 g/mol. The summed E-state index contributed by atoms with van der Waals surface area (Å²) in [6.07, 6.45) is 6.04. The maximum absolute atomic E-state index is 12.7. The van der Waals surface area contributed by atoms with Crippen LogP contribution in [0.4, 0.5) is 0 Å². The van der Waals surface area contributed by atoms with Crippen molar-refractivity contribution in [2.24, 2.45) is 0 Å². The van der Waals surface area contributed by atoms with E-state index in [1.165, 1.54) is 16.9 Å². The smallest absolute Gasteiger partial charge is 0.260 e. The summed E-state index contributed by atoms with van der Waals surface area (Å²) in [4.78, 5) is 22.2. The van der Waals surface area contributed by atoms with Crippen LogP contribution in [0.3, 0.4) is 0 Å². The molecule has 0 bridgehead atoms. The predicted octanol–water partition coefficient (Wildman–Crippen LogP) is 5.01. The van der Waals surface area contributed by atoms with Gasteiger partial charge in [0.15, 0.2) is 17.3 Å². The second-order valence-corrected chi connectivity index (χ2v) is 8.13. The van der Waals surface area contributed by atoms with Gasteiger partial charge in [0.2, 0.25) is 0 Å². The monoisotopic (exact) mass is 416 g/mol. The van der Waals surface area contributed by atoms with Gasteiger partial charge in [0.25, 0.3) is 5.56 Å². The lowest BCUT2D eigenvalue weighted by Gasteiger charge is -2.10. The van der Waals surface area contributed by atoms with E-state index in [9.17, 15) is 4.79 Å². The molecule has 0 saturated carbocycles. The van der Waals surface area contributed by atoms with Gasteiger partial charge >= 0.3 is 0 Å². The highest BCUT2D eigenvalue weighted by Crippen LogP contribution is 2.34. The first-order valence-corrected chi connectivity index (χ1v) is 10.5. The summed E-state index contributed by atoms with van der Waals surface area (Å²) < 4.78 is 10.9. The van der Waals surface area contributed by atoms with Crippen LogP contribution in [0, 0.1) is 0 Å². The zero-order valence-corrected chi connectivity index (χ0v) is 17.4.